The van der Waals surface area contributed by atoms with Gasteiger partial charge in [0.25, 0.3) is 11.8 Å². The maximum absolute atomic E-state index is 14.6. The van der Waals surface area contributed by atoms with Gasteiger partial charge < -0.3 is 40.0 Å². The average Bonchev–Trinajstić information content (AvgIpc) is 3.11. The molecule has 0 saturated carbocycles. The Kier molecular flexibility index (Phi) is 7.72. The number of carbonyl (C=O) groups excluding carboxylic acids is 3. The Hall–Kier alpha value is -4.07. The van der Waals surface area contributed by atoms with Gasteiger partial charge >= 0.3 is 0 Å². The standard InChI is InChI=1S/C26H28FN5O7/c27-19-5-3-17(12-15(19)13-21(33)31-6-1-9-37-10-7-31)32-8-11-38-23(26(32)36)22(34)25(35)29-16-2-4-18-20(14-16)39-30-24(18)28/h2-5,12,14,22-23,34H,1,6-11,13H2,(H2,28,30)(H,29,35)/t22?,23-/m1/s1. The van der Waals surface area contributed by atoms with Crippen LogP contribution >= 0.6 is 0 Å². The maximum Gasteiger partial charge on any atom is 0.259 e. The van der Waals surface area contributed by atoms with Crippen LogP contribution in [-0.4, -0.2) is 84.5 Å². The lowest BCUT2D eigenvalue weighted by Gasteiger charge is -2.34. The van der Waals surface area contributed by atoms with Gasteiger partial charge in [-0.05, 0) is 42.3 Å². The van der Waals surface area contributed by atoms with E-state index < -0.39 is 29.8 Å². The number of aliphatic hydroxyl groups is 1. The molecule has 2 aromatic carbocycles. The molecule has 2 fully saturated rings. The summed E-state index contributed by atoms with van der Waals surface area (Å²) in [6, 6.07) is 8.68. The van der Waals surface area contributed by atoms with Crippen LogP contribution < -0.4 is 16.0 Å². The summed E-state index contributed by atoms with van der Waals surface area (Å²) in [5.74, 6) is -2.14. The number of halogens is 1. The van der Waals surface area contributed by atoms with Crippen molar-refractivity contribution in [2.75, 3.05) is 55.4 Å². The summed E-state index contributed by atoms with van der Waals surface area (Å²) in [6.07, 6.45) is -2.79. The Morgan fingerprint density at radius 3 is 2.85 bits per heavy atom. The molecular weight excluding hydrogens is 513 g/mol. The summed E-state index contributed by atoms with van der Waals surface area (Å²) in [4.78, 5) is 41.7. The van der Waals surface area contributed by atoms with Crippen molar-refractivity contribution in [3.8, 4) is 0 Å². The highest BCUT2D eigenvalue weighted by atomic mass is 19.1. The second kappa shape index (κ2) is 11.4. The zero-order valence-electron chi connectivity index (χ0n) is 21.0. The van der Waals surface area contributed by atoms with Gasteiger partial charge in [0.1, 0.15) is 5.82 Å². The number of fused-ring (bicyclic) bond motifs is 1. The molecule has 2 aliphatic rings. The third kappa shape index (κ3) is 5.70. The first-order valence-electron chi connectivity index (χ1n) is 12.5. The number of nitrogens with zero attached hydrogens (tertiary/aromatic N) is 3. The number of nitrogen functional groups attached to an aromatic ring is 1. The number of nitrogens with one attached hydrogen (secondary N) is 1. The number of hydrogen-bond acceptors (Lipinski definition) is 9. The van der Waals surface area contributed by atoms with Crippen LogP contribution in [-0.2, 0) is 30.3 Å². The van der Waals surface area contributed by atoms with E-state index in [0.29, 0.717) is 55.1 Å². The molecule has 3 heterocycles. The number of nitrogens with two attached hydrogens (primary N) is 1. The number of rotatable bonds is 6. The zero-order valence-corrected chi connectivity index (χ0v) is 21.0. The van der Waals surface area contributed by atoms with E-state index in [2.05, 4.69) is 10.5 Å². The number of ether oxygens (including phenoxy) is 2. The van der Waals surface area contributed by atoms with Crippen LogP contribution in [0.2, 0.25) is 0 Å². The Morgan fingerprint density at radius 1 is 1.15 bits per heavy atom. The van der Waals surface area contributed by atoms with E-state index in [1.807, 2.05) is 0 Å². The van der Waals surface area contributed by atoms with Crippen molar-refractivity contribution in [3.63, 3.8) is 0 Å². The van der Waals surface area contributed by atoms with Crippen molar-refractivity contribution in [1.29, 1.82) is 0 Å². The number of aromatic nitrogens is 1. The summed E-state index contributed by atoms with van der Waals surface area (Å²) in [7, 11) is 0. The molecule has 0 radical (unpaired) electrons. The molecule has 2 atom stereocenters. The number of carbonyl (C=O) groups is 3. The Morgan fingerprint density at radius 2 is 2.00 bits per heavy atom. The summed E-state index contributed by atoms with van der Waals surface area (Å²) in [5.41, 5.74) is 6.80. The fourth-order valence-corrected chi connectivity index (χ4v) is 4.61. The molecule has 2 aliphatic heterocycles. The summed E-state index contributed by atoms with van der Waals surface area (Å²) in [5, 5.41) is 17.4. The molecule has 12 nitrogen and oxygen atoms in total. The van der Waals surface area contributed by atoms with Crippen molar-refractivity contribution < 1.29 is 37.9 Å². The van der Waals surface area contributed by atoms with Crippen LogP contribution in [0.3, 0.4) is 0 Å². The topological polar surface area (TPSA) is 160 Å². The van der Waals surface area contributed by atoms with Crippen molar-refractivity contribution in [3.05, 3.63) is 47.8 Å². The van der Waals surface area contributed by atoms with Crippen LogP contribution in [0, 0.1) is 5.82 Å². The van der Waals surface area contributed by atoms with Crippen LogP contribution in [0.1, 0.15) is 12.0 Å². The molecule has 13 heteroatoms. The molecule has 0 spiro atoms. The van der Waals surface area contributed by atoms with Gasteiger partial charge in [0.2, 0.25) is 5.91 Å². The van der Waals surface area contributed by atoms with E-state index in [9.17, 15) is 23.9 Å². The van der Waals surface area contributed by atoms with Crippen LogP contribution in [0.15, 0.2) is 40.9 Å². The lowest BCUT2D eigenvalue weighted by Crippen LogP contribution is -2.55. The lowest BCUT2D eigenvalue weighted by atomic mass is 10.1. The van der Waals surface area contributed by atoms with E-state index >= 15 is 0 Å². The number of aliphatic hydroxyl groups excluding tert-OH is 1. The number of anilines is 3. The fraction of sp³-hybridized carbons (Fsp3) is 0.385. The van der Waals surface area contributed by atoms with E-state index in [4.69, 9.17) is 19.7 Å². The molecular formula is C26H28FN5O7. The molecule has 5 rings (SSSR count). The molecule has 1 aromatic heterocycles. The maximum atomic E-state index is 14.6. The van der Waals surface area contributed by atoms with E-state index in [0.717, 1.165) is 0 Å². The number of morpholine rings is 1. The van der Waals surface area contributed by atoms with Gasteiger partial charge in [-0.1, -0.05) is 5.16 Å². The minimum absolute atomic E-state index is 0.0312. The van der Waals surface area contributed by atoms with Gasteiger partial charge in [-0.3, -0.25) is 14.4 Å². The van der Waals surface area contributed by atoms with E-state index in [-0.39, 0.29) is 36.9 Å². The molecule has 4 N–H and O–H groups in total. The van der Waals surface area contributed by atoms with Crippen LogP contribution in [0.5, 0.6) is 0 Å². The van der Waals surface area contributed by atoms with Crippen LogP contribution in [0.25, 0.3) is 11.0 Å². The quantitative estimate of drug-likeness (QED) is 0.415. The Balaban J connectivity index is 1.27. The van der Waals surface area contributed by atoms with Gasteiger partial charge in [0.05, 0.1) is 25.0 Å². The van der Waals surface area contributed by atoms with Gasteiger partial charge in [0, 0.05) is 43.7 Å². The monoisotopic (exact) mass is 541 g/mol. The van der Waals surface area contributed by atoms with Gasteiger partial charge in [-0.25, -0.2) is 4.39 Å². The molecule has 3 aromatic rings. The second-order valence-corrected chi connectivity index (χ2v) is 9.29. The largest absolute Gasteiger partial charge is 0.380 e. The second-order valence-electron chi connectivity index (χ2n) is 9.29. The summed E-state index contributed by atoms with van der Waals surface area (Å²) >= 11 is 0. The first-order valence-corrected chi connectivity index (χ1v) is 12.5. The number of amides is 3. The van der Waals surface area contributed by atoms with Gasteiger partial charge in [-0.15, -0.1) is 0 Å². The molecule has 2 saturated heterocycles. The van der Waals surface area contributed by atoms with E-state index in [1.54, 1.807) is 17.0 Å². The SMILES string of the molecule is Nc1noc2cc(NC(=O)C(O)[C@H]3OCCN(c4ccc(F)c(CC(=O)N5CCCOCC5)c4)C3=O)ccc12. The molecule has 39 heavy (non-hydrogen) atoms. The fourth-order valence-electron chi connectivity index (χ4n) is 4.61. The normalized spacial score (nSPS) is 19.1. The highest BCUT2D eigenvalue weighted by Crippen LogP contribution is 2.26. The summed E-state index contributed by atoms with van der Waals surface area (Å²) in [6.45, 7) is 2.12. The predicted molar refractivity (Wildman–Crippen MR) is 137 cm³/mol. The van der Waals surface area contributed by atoms with Crippen molar-refractivity contribution in [1.82, 2.24) is 10.1 Å². The Bertz CT molecular complexity index is 1390. The molecule has 206 valence electrons. The number of hydrogen-bond donors (Lipinski definition) is 3. The van der Waals surface area contributed by atoms with E-state index in [1.165, 1.54) is 29.2 Å². The number of benzene rings is 2. The molecule has 1 unspecified atom stereocenters. The van der Waals surface area contributed by atoms with Gasteiger partial charge in [0.15, 0.2) is 23.6 Å². The van der Waals surface area contributed by atoms with Crippen molar-refractivity contribution >= 4 is 45.9 Å². The highest BCUT2D eigenvalue weighted by Gasteiger charge is 2.39. The first kappa shape index (κ1) is 26.5. The van der Waals surface area contributed by atoms with Crippen LogP contribution in [0.4, 0.5) is 21.6 Å². The van der Waals surface area contributed by atoms with Gasteiger partial charge in [-0.2, -0.15) is 0 Å². The minimum atomic E-state index is -1.83. The smallest absolute Gasteiger partial charge is 0.259 e. The first-order chi connectivity index (χ1) is 18.8. The van der Waals surface area contributed by atoms with Crippen molar-refractivity contribution in [2.24, 2.45) is 0 Å². The predicted octanol–water partition coefficient (Wildman–Crippen LogP) is 1.07. The lowest BCUT2D eigenvalue weighted by molar-refractivity contribution is -0.150. The third-order valence-electron chi connectivity index (χ3n) is 6.70. The minimum Gasteiger partial charge on any atom is -0.380 e. The average molecular weight is 542 g/mol. The zero-order chi connectivity index (χ0) is 27.5. The summed E-state index contributed by atoms with van der Waals surface area (Å²) < 4.78 is 30.5. The molecule has 0 aliphatic carbocycles. The molecule has 3 amide bonds. The van der Waals surface area contributed by atoms with Crippen molar-refractivity contribution in [2.45, 2.75) is 25.0 Å². The molecule has 0 bridgehead atoms. The Labute approximate surface area is 222 Å². The highest BCUT2D eigenvalue weighted by molar-refractivity contribution is 6.04. The third-order valence-corrected chi connectivity index (χ3v) is 6.70.